The second-order valence-electron chi connectivity index (χ2n) is 15.1. The molecule has 1 amide bonds. The largest absolute Gasteiger partial charge is 0.493 e. The minimum atomic E-state index is -1.33. The molecule has 1 aromatic carbocycles. The number of unbranched alkanes of at least 4 members (excludes halogenated alkanes) is 3. The third-order valence-electron chi connectivity index (χ3n) is 10.4. The lowest BCUT2D eigenvalue weighted by atomic mass is 10.0. The summed E-state index contributed by atoms with van der Waals surface area (Å²) in [5.41, 5.74) is 1.86. The van der Waals surface area contributed by atoms with Gasteiger partial charge in [0, 0.05) is 44.8 Å². The van der Waals surface area contributed by atoms with Crippen LogP contribution >= 0.6 is 0 Å². The van der Waals surface area contributed by atoms with Crippen LogP contribution in [0.2, 0.25) is 0 Å². The number of ether oxygens (including phenoxy) is 3. The molecule has 2 aromatic rings. The highest BCUT2D eigenvalue weighted by Gasteiger charge is 2.28. The molecule has 1 aromatic heterocycles. The number of likely N-dealkylation sites (N-methyl/N-ethyl adjacent to an activating group) is 1. The Morgan fingerprint density at radius 3 is 2.08 bits per heavy atom. The van der Waals surface area contributed by atoms with Crippen molar-refractivity contribution in [1.82, 2.24) is 39.9 Å². The standard InChI is InChI=1S/C40H62N8O14/c1-4-46-12-9-11-30(46)18-41-40(59)32-16-28(17-33(60-2)39(32)61-3)10-7-5-6-8-13-48-19-29(42-43-48)26-62-27-31(47(24-37(55)56)25-38(57)58)20-44(21-34(49)50)14-15-45(22-35(51)52)23-36(53)54/h16-17,19,30-31H,4-15,18,20-27H2,1-3H3,(H,41,59)(H,49,50)(H,51,52)(H,53,54)(H,55,56)(H,57,58)/t30-,31-/m0/s1. The molecule has 6 N–H and O–H groups in total. The van der Waals surface area contributed by atoms with E-state index in [1.165, 1.54) is 12.0 Å². The lowest BCUT2D eigenvalue weighted by molar-refractivity contribution is -0.145. The Labute approximate surface area is 360 Å². The van der Waals surface area contributed by atoms with E-state index in [2.05, 4.69) is 27.5 Å². The van der Waals surface area contributed by atoms with Gasteiger partial charge in [0.15, 0.2) is 11.5 Å². The molecule has 0 bridgehead atoms. The molecular weight excluding hydrogens is 816 g/mol. The molecule has 2 heterocycles. The smallest absolute Gasteiger partial charge is 0.317 e. The van der Waals surface area contributed by atoms with Crippen LogP contribution in [0.4, 0.5) is 0 Å². The number of aromatic nitrogens is 3. The van der Waals surface area contributed by atoms with Crippen molar-refractivity contribution in [3.63, 3.8) is 0 Å². The van der Waals surface area contributed by atoms with Crippen molar-refractivity contribution in [2.75, 3.05) is 92.8 Å². The summed E-state index contributed by atoms with van der Waals surface area (Å²) in [6, 6.07) is 3.13. The second-order valence-corrected chi connectivity index (χ2v) is 15.1. The molecule has 22 heteroatoms. The number of nitrogens with zero attached hydrogens (tertiary/aromatic N) is 7. The number of carboxylic acid groups (broad SMARTS) is 5. The second kappa shape index (κ2) is 26.8. The van der Waals surface area contributed by atoms with E-state index in [0.717, 1.165) is 73.4 Å². The van der Waals surface area contributed by atoms with Gasteiger partial charge in [-0.05, 0) is 62.9 Å². The average Bonchev–Trinajstić information content (AvgIpc) is 3.87. The number of likely N-dealkylation sites (tertiary alicyclic amines) is 1. The number of rotatable bonds is 33. The van der Waals surface area contributed by atoms with Gasteiger partial charge in [-0.15, -0.1) is 5.10 Å². The number of carboxylic acids is 5. The van der Waals surface area contributed by atoms with Gasteiger partial charge in [0.25, 0.3) is 5.91 Å². The molecule has 0 unspecified atom stereocenters. The van der Waals surface area contributed by atoms with Gasteiger partial charge in [0.05, 0.1) is 71.9 Å². The van der Waals surface area contributed by atoms with Crippen molar-refractivity contribution < 1.29 is 68.5 Å². The van der Waals surface area contributed by atoms with Crippen molar-refractivity contribution in [2.45, 2.75) is 77.1 Å². The fourth-order valence-electron chi connectivity index (χ4n) is 7.49. The Hall–Kier alpha value is -5.42. The fraction of sp³-hybridized carbons (Fsp3) is 0.650. The number of carbonyl (C=O) groups excluding carboxylic acids is 1. The van der Waals surface area contributed by atoms with Crippen LogP contribution in [0.15, 0.2) is 18.3 Å². The number of benzene rings is 1. The zero-order valence-electron chi connectivity index (χ0n) is 35.8. The summed E-state index contributed by atoms with van der Waals surface area (Å²) in [5, 5.41) is 58.4. The van der Waals surface area contributed by atoms with Crippen LogP contribution in [0.25, 0.3) is 0 Å². The van der Waals surface area contributed by atoms with Crippen LogP contribution in [0.1, 0.15) is 67.1 Å². The quantitative estimate of drug-likeness (QED) is 0.0533. The molecule has 0 radical (unpaired) electrons. The highest BCUT2D eigenvalue weighted by Crippen LogP contribution is 2.33. The molecule has 0 saturated carbocycles. The van der Waals surface area contributed by atoms with Crippen LogP contribution in [0.3, 0.4) is 0 Å². The summed E-state index contributed by atoms with van der Waals surface area (Å²) in [6.07, 6.45) is 8.08. The normalized spacial score (nSPS) is 14.6. The molecule has 3 rings (SSSR count). The van der Waals surface area contributed by atoms with Crippen molar-refractivity contribution in [1.29, 1.82) is 0 Å². The van der Waals surface area contributed by atoms with E-state index < -0.39 is 68.6 Å². The van der Waals surface area contributed by atoms with E-state index in [0.29, 0.717) is 41.9 Å². The maximum Gasteiger partial charge on any atom is 0.317 e. The van der Waals surface area contributed by atoms with Crippen LogP contribution in [-0.4, -0.2) is 201 Å². The Balaban J connectivity index is 1.54. The van der Waals surface area contributed by atoms with Crippen molar-refractivity contribution >= 4 is 35.8 Å². The summed E-state index contributed by atoms with van der Waals surface area (Å²) < 4.78 is 18.7. The molecule has 346 valence electrons. The first kappa shape index (κ1) is 50.9. The van der Waals surface area contributed by atoms with Gasteiger partial charge >= 0.3 is 29.8 Å². The average molecular weight is 879 g/mol. The maximum atomic E-state index is 13.3. The van der Waals surface area contributed by atoms with Crippen molar-refractivity contribution in [2.24, 2.45) is 0 Å². The van der Waals surface area contributed by atoms with Gasteiger partial charge < -0.3 is 45.1 Å². The molecule has 1 saturated heterocycles. The SMILES string of the molecule is CCN1CCC[C@H]1CNC(=O)c1cc(CCCCCCn2cc(COC[C@H](CN(CCN(CC(=O)O)CC(=O)O)CC(=O)O)N(CC(=O)O)CC(=O)O)nn2)cc(OC)c1OC. The van der Waals surface area contributed by atoms with E-state index in [4.69, 9.17) is 14.2 Å². The number of aliphatic carboxylic acids is 5. The van der Waals surface area contributed by atoms with Crippen LogP contribution in [0, 0.1) is 0 Å². The van der Waals surface area contributed by atoms with Crippen molar-refractivity contribution in [3.8, 4) is 11.5 Å². The number of aryl methyl sites for hydroxylation is 2. The zero-order valence-corrected chi connectivity index (χ0v) is 35.8. The molecule has 22 nitrogen and oxygen atoms in total. The first-order chi connectivity index (χ1) is 29.6. The molecule has 62 heavy (non-hydrogen) atoms. The number of carbonyl (C=O) groups is 6. The van der Waals surface area contributed by atoms with Gasteiger partial charge in [-0.25, -0.2) is 0 Å². The van der Waals surface area contributed by atoms with Gasteiger partial charge in [-0.1, -0.05) is 25.0 Å². The van der Waals surface area contributed by atoms with E-state index in [9.17, 15) is 54.3 Å². The lowest BCUT2D eigenvalue weighted by Crippen LogP contribution is -2.52. The first-order valence-electron chi connectivity index (χ1n) is 20.6. The van der Waals surface area contributed by atoms with E-state index in [1.54, 1.807) is 18.0 Å². The number of amides is 1. The first-order valence-corrected chi connectivity index (χ1v) is 20.6. The molecule has 2 atom stereocenters. The summed E-state index contributed by atoms with van der Waals surface area (Å²) in [4.78, 5) is 76.9. The molecule has 1 fully saturated rings. The Morgan fingerprint density at radius 2 is 1.47 bits per heavy atom. The minimum Gasteiger partial charge on any atom is -0.493 e. The third kappa shape index (κ3) is 18.3. The van der Waals surface area contributed by atoms with Crippen LogP contribution in [-0.2, 0) is 48.3 Å². The Bertz CT molecular complexity index is 1750. The Kier molecular flexibility index (Phi) is 22.0. The van der Waals surface area contributed by atoms with Gasteiger partial charge in [0.2, 0.25) is 0 Å². The highest BCUT2D eigenvalue weighted by atomic mass is 16.5. The van der Waals surface area contributed by atoms with Gasteiger partial charge in [-0.2, -0.15) is 0 Å². The van der Waals surface area contributed by atoms with Crippen LogP contribution in [0.5, 0.6) is 11.5 Å². The van der Waals surface area contributed by atoms with E-state index in [1.807, 2.05) is 12.1 Å². The van der Waals surface area contributed by atoms with Gasteiger partial charge in [0.1, 0.15) is 5.69 Å². The fourth-order valence-corrected chi connectivity index (χ4v) is 7.49. The van der Waals surface area contributed by atoms with Crippen molar-refractivity contribution in [3.05, 3.63) is 35.2 Å². The molecule has 0 aliphatic carbocycles. The van der Waals surface area contributed by atoms with Gasteiger partial charge in [-0.3, -0.25) is 53.0 Å². The Morgan fingerprint density at radius 1 is 0.839 bits per heavy atom. The summed E-state index contributed by atoms with van der Waals surface area (Å²) in [5.74, 6) is -5.78. The molecule has 0 spiro atoms. The van der Waals surface area contributed by atoms with E-state index >= 15 is 0 Å². The summed E-state index contributed by atoms with van der Waals surface area (Å²) >= 11 is 0. The minimum absolute atomic E-state index is 0.0719. The number of nitrogens with one attached hydrogen (secondary N) is 1. The topological polar surface area (TPSA) is 287 Å². The summed E-state index contributed by atoms with van der Waals surface area (Å²) in [7, 11) is 3.07. The number of hydrogen-bond acceptors (Lipinski definition) is 15. The van der Waals surface area contributed by atoms with Crippen LogP contribution < -0.4 is 14.8 Å². The third-order valence-corrected chi connectivity index (χ3v) is 10.4. The predicted octanol–water partition coefficient (Wildman–Crippen LogP) is 0.527. The molecule has 1 aliphatic rings. The zero-order chi connectivity index (χ0) is 45.6. The predicted molar refractivity (Wildman–Crippen MR) is 220 cm³/mol. The maximum absolute atomic E-state index is 13.3. The monoisotopic (exact) mass is 878 g/mol. The number of methoxy groups -OCH3 is 2. The molecular formula is C40H62N8O14. The highest BCUT2D eigenvalue weighted by molar-refractivity contribution is 5.98. The summed E-state index contributed by atoms with van der Waals surface area (Å²) in [6.45, 7) is 1.25. The lowest BCUT2D eigenvalue weighted by Gasteiger charge is -2.34. The molecule has 1 aliphatic heterocycles. The van der Waals surface area contributed by atoms with E-state index in [-0.39, 0.29) is 38.8 Å². The number of hydrogen-bond donors (Lipinski definition) is 6.